The average Bonchev–Trinajstić information content (AvgIpc) is 2.79. The van der Waals surface area contributed by atoms with Crippen LogP contribution in [0.2, 0.25) is 0 Å². The molecule has 0 heterocycles. The highest BCUT2D eigenvalue weighted by atomic mass is 16.3. The van der Waals surface area contributed by atoms with Gasteiger partial charge in [-0.05, 0) is 80.5 Å². The lowest BCUT2D eigenvalue weighted by atomic mass is 9.91. The molecule has 2 rings (SSSR count). The largest absolute Gasteiger partial charge is 0.507 e. The first-order valence-corrected chi connectivity index (χ1v) is 13.7. The Bertz CT molecular complexity index is 938. The number of benzene rings is 2. The van der Waals surface area contributed by atoms with Crippen molar-refractivity contribution in [2.75, 3.05) is 0 Å². The molecule has 2 aromatic carbocycles. The van der Waals surface area contributed by atoms with E-state index in [-0.39, 0.29) is 11.5 Å². The molecule has 2 atom stereocenters. The number of aromatic hydroxyl groups is 2. The van der Waals surface area contributed by atoms with Crippen molar-refractivity contribution in [3.05, 3.63) is 46.5 Å². The van der Waals surface area contributed by atoms with Gasteiger partial charge in [0.25, 0.3) is 0 Å². The third-order valence-corrected chi connectivity index (χ3v) is 7.69. The fourth-order valence-corrected chi connectivity index (χ4v) is 4.98. The second-order valence-electron chi connectivity index (χ2n) is 11.4. The molecule has 2 nitrogen and oxygen atoms in total. The van der Waals surface area contributed by atoms with Crippen LogP contribution in [-0.2, 0) is 6.42 Å². The molecule has 0 amide bonds. The molecule has 2 aromatic rings. The maximum Gasteiger partial charge on any atom is 0.126 e. The van der Waals surface area contributed by atoms with Crippen LogP contribution in [-0.4, -0.2) is 10.2 Å². The number of hydrogen-bond donors (Lipinski definition) is 2. The summed E-state index contributed by atoms with van der Waals surface area (Å²) in [5.74, 6) is 3.10. The fraction of sp³-hybridized carbons (Fsp3) is 0.625. The van der Waals surface area contributed by atoms with E-state index >= 15 is 0 Å². The Balaban J connectivity index is 1.74. The van der Waals surface area contributed by atoms with Gasteiger partial charge in [0.15, 0.2) is 0 Å². The van der Waals surface area contributed by atoms with E-state index < -0.39 is 0 Å². The third-order valence-electron chi connectivity index (χ3n) is 7.69. The summed E-state index contributed by atoms with van der Waals surface area (Å²) >= 11 is 0. The van der Waals surface area contributed by atoms with Gasteiger partial charge in [-0.2, -0.15) is 0 Å². The van der Waals surface area contributed by atoms with Crippen molar-refractivity contribution < 1.29 is 10.2 Å². The number of hydrogen-bond acceptors (Lipinski definition) is 2. The van der Waals surface area contributed by atoms with Crippen LogP contribution in [0.4, 0.5) is 0 Å². The summed E-state index contributed by atoms with van der Waals surface area (Å²) in [5, 5.41) is 22.5. The first-order valence-electron chi connectivity index (χ1n) is 13.7. The van der Waals surface area contributed by atoms with Crippen molar-refractivity contribution in [2.45, 2.75) is 113 Å². The fourth-order valence-electron chi connectivity index (χ4n) is 4.98. The second-order valence-corrected chi connectivity index (χ2v) is 11.4. The molecule has 2 N–H and O–H groups in total. The summed E-state index contributed by atoms with van der Waals surface area (Å²) in [7, 11) is 0. The molecule has 0 aliphatic rings. The van der Waals surface area contributed by atoms with Crippen LogP contribution < -0.4 is 0 Å². The molecule has 190 valence electrons. The maximum atomic E-state index is 10.6. The molecule has 2 heteroatoms. The molecule has 0 aliphatic heterocycles. The molecule has 0 aliphatic carbocycles. The van der Waals surface area contributed by atoms with Crippen molar-refractivity contribution >= 4 is 10.8 Å². The molecule has 2 unspecified atom stereocenters. The monoisotopic (exact) mass is 466 g/mol. The molecule has 0 radical (unpaired) electrons. The zero-order chi connectivity index (χ0) is 25.3. The normalized spacial score (nSPS) is 14.2. The smallest absolute Gasteiger partial charge is 0.126 e. The Kier molecular flexibility index (Phi) is 11.5. The van der Waals surface area contributed by atoms with Crippen LogP contribution in [0.5, 0.6) is 11.5 Å². The van der Waals surface area contributed by atoms with E-state index in [1.807, 2.05) is 26.0 Å². The van der Waals surface area contributed by atoms with Gasteiger partial charge in [-0.25, -0.2) is 0 Å². The Morgan fingerprint density at radius 1 is 0.765 bits per heavy atom. The van der Waals surface area contributed by atoms with Crippen LogP contribution in [0.25, 0.3) is 10.8 Å². The second kappa shape index (κ2) is 13.8. The molecule has 0 aromatic heterocycles. The highest BCUT2D eigenvalue weighted by molar-refractivity contribution is 5.95. The Hall–Kier alpha value is -1.96. The zero-order valence-electron chi connectivity index (χ0n) is 23.0. The SMILES string of the molecule is CC(=CCc1ccc2c(O)c(C)c(C)c(O)c2c1)CCCC(C)CCCC(C)CCCC(C)C. The number of fused-ring (bicyclic) bond motifs is 1. The minimum Gasteiger partial charge on any atom is -0.507 e. The summed E-state index contributed by atoms with van der Waals surface area (Å²) in [4.78, 5) is 0. The van der Waals surface area contributed by atoms with E-state index in [1.54, 1.807) is 0 Å². The van der Waals surface area contributed by atoms with E-state index in [9.17, 15) is 10.2 Å². The lowest BCUT2D eigenvalue weighted by Crippen LogP contribution is -2.00. The number of rotatable bonds is 14. The van der Waals surface area contributed by atoms with E-state index in [0.717, 1.165) is 52.5 Å². The van der Waals surface area contributed by atoms with Crippen LogP contribution in [0.15, 0.2) is 29.8 Å². The quantitative estimate of drug-likeness (QED) is 0.215. The van der Waals surface area contributed by atoms with Crippen molar-refractivity contribution in [3.63, 3.8) is 0 Å². The van der Waals surface area contributed by atoms with Crippen molar-refractivity contribution in [2.24, 2.45) is 17.8 Å². The zero-order valence-corrected chi connectivity index (χ0v) is 23.0. The molecule has 34 heavy (non-hydrogen) atoms. The first kappa shape index (κ1) is 28.3. The highest BCUT2D eigenvalue weighted by Crippen LogP contribution is 2.39. The summed E-state index contributed by atoms with van der Waals surface area (Å²) in [5.41, 5.74) is 4.11. The van der Waals surface area contributed by atoms with Gasteiger partial charge in [0.2, 0.25) is 0 Å². The molecular formula is C32H50O2. The standard InChI is InChI=1S/C32H50O2/c1-22(2)11-8-12-23(3)13-9-14-24(4)15-10-16-25(5)17-18-28-19-20-29-30(21-28)32(34)27(7)26(6)31(29)33/h17,19-24,33-34H,8-16,18H2,1-7H3. The van der Waals surface area contributed by atoms with Crippen LogP contribution in [0.1, 0.15) is 109 Å². The van der Waals surface area contributed by atoms with Gasteiger partial charge in [0, 0.05) is 10.8 Å². The van der Waals surface area contributed by atoms with Gasteiger partial charge >= 0.3 is 0 Å². The van der Waals surface area contributed by atoms with E-state index in [4.69, 9.17) is 0 Å². The summed E-state index contributed by atoms with van der Waals surface area (Å²) in [6.07, 6.45) is 15.2. The number of allylic oxidation sites excluding steroid dienone is 2. The van der Waals surface area contributed by atoms with E-state index in [0.29, 0.717) is 0 Å². The summed E-state index contributed by atoms with van der Waals surface area (Å²) in [6.45, 7) is 15.4. The average molecular weight is 467 g/mol. The molecule has 0 saturated heterocycles. The van der Waals surface area contributed by atoms with Gasteiger partial charge < -0.3 is 10.2 Å². The van der Waals surface area contributed by atoms with Crippen molar-refractivity contribution in [1.29, 1.82) is 0 Å². The number of phenolic OH excluding ortho intramolecular Hbond substituents is 2. The van der Waals surface area contributed by atoms with Gasteiger partial charge in [-0.15, -0.1) is 0 Å². The predicted octanol–water partition coefficient (Wildman–Crippen LogP) is 9.80. The van der Waals surface area contributed by atoms with Crippen LogP contribution >= 0.6 is 0 Å². The van der Waals surface area contributed by atoms with Gasteiger partial charge in [0.05, 0.1) is 0 Å². The van der Waals surface area contributed by atoms with E-state index in [1.165, 1.54) is 62.5 Å². The molecule has 0 fully saturated rings. The Morgan fingerprint density at radius 3 is 1.88 bits per heavy atom. The van der Waals surface area contributed by atoms with Crippen molar-refractivity contribution in [3.8, 4) is 11.5 Å². The minimum absolute atomic E-state index is 0.276. The molecule has 0 spiro atoms. The highest BCUT2D eigenvalue weighted by Gasteiger charge is 2.13. The molecular weight excluding hydrogens is 416 g/mol. The predicted molar refractivity (Wildman–Crippen MR) is 149 cm³/mol. The third kappa shape index (κ3) is 8.67. The minimum atomic E-state index is 0.276. The van der Waals surface area contributed by atoms with Crippen LogP contribution in [0, 0.1) is 31.6 Å². The van der Waals surface area contributed by atoms with E-state index in [2.05, 4.69) is 46.8 Å². The summed E-state index contributed by atoms with van der Waals surface area (Å²) < 4.78 is 0. The maximum absolute atomic E-state index is 10.6. The first-order chi connectivity index (χ1) is 16.1. The molecule has 0 bridgehead atoms. The lowest BCUT2D eigenvalue weighted by Gasteiger charge is -2.15. The van der Waals surface area contributed by atoms with Crippen molar-refractivity contribution in [1.82, 2.24) is 0 Å². The summed E-state index contributed by atoms with van der Waals surface area (Å²) in [6, 6.07) is 6.01. The Morgan fingerprint density at radius 2 is 1.29 bits per heavy atom. The molecule has 0 saturated carbocycles. The van der Waals surface area contributed by atoms with Gasteiger partial charge in [-0.3, -0.25) is 0 Å². The Labute approximate surface area is 209 Å². The number of phenols is 2. The lowest BCUT2D eigenvalue weighted by molar-refractivity contribution is 0.389. The van der Waals surface area contributed by atoms with Gasteiger partial charge in [-0.1, -0.05) is 96.4 Å². The van der Waals surface area contributed by atoms with Gasteiger partial charge in [0.1, 0.15) is 11.5 Å². The van der Waals surface area contributed by atoms with Crippen LogP contribution in [0.3, 0.4) is 0 Å². The topological polar surface area (TPSA) is 40.5 Å².